The van der Waals surface area contributed by atoms with Crippen molar-refractivity contribution in [1.29, 1.82) is 5.26 Å². The highest BCUT2D eigenvalue weighted by atomic mass is 35.5. The summed E-state index contributed by atoms with van der Waals surface area (Å²) in [7, 11) is 0. The van der Waals surface area contributed by atoms with E-state index in [9.17, 15) is 26.3 Å². The van der Waals surface area contributed by atoms with Crippen LogP contribution >= 0.6 is 11.6 Å². The number of halogens is 7. The van der Waals surface area contributed by atoms with Crippen LogP contribution in [0.15, 0.2) is 6.07 Å². The van der Waals surface area contributed by atoms with E-state index >= 15 is 0 Å². The molecule has 0 radical (unpaired) electrons. The molecule has 0 saturated carbocycles. The Kier molecular flexibility index (Phi) is 4.70. The number of pyridine rings is 1. The summed E-state index contributed by atoms with van der Waals surface area (Å²) >= 11 is 5.35. The van der Waals surface area contributed by atoms with Crippen LogP contribution in [0.4, 0.5) is 26.3 Å². The molecule has 1 aromatic rings. The van der Waals surface area contributed by atoms with Gasteiger partial charge in [-0.3, -0.25) is 0 Å². The van der Waals surface area contributed by atoms with Gasteiger partial charge in [0.15, 0.2) is 5.69 Å². The number of rotatable bonds is 3. The van der Waals surface area contributed by atoms with Crippen LogP contribution in [0.5, 0.6) is 5.88 Å². The molecule has 0 atom stereocenters. The lowest BCUT2D eigenvalue weighted by Gasteiger charge is -2.16. The lowest BCUT2D eigenvalue weighted by atomic mass is 10.1. The van der Waals surface area contributed by atoms with Gasteiger partial charge in [0.05, 0.1) is 18.4 Å². The zero-order valence-electron chi connectivity index (χ0n) is 9.44. The van der Waals surface area contributed by atoms with Gasteiger partial charge in [0.25, 0.3) is 0 Å². The number of aromatic nitrogens is 1. The van der Waals surface area contributed by atoms with Crippen LogP contribution < -0.4 is 4.74 Å². The van der Waals surface area contributed by atoms with Crippen LogP contribution in [0.2, 0.25) is 0 Å². The maximum atomic E-state index is 12.7. The van der Waals surface area contributed by atoms with E-state index in [-0.39, 0.29) is 5.56 Å². The van der Waals surface area contributed by atoms with Crippen molar-refractivity contribution in [2.45, 2.75) is 24.8 Å². The van der Waals surface area contributed by atoms with Gasteiger partial charge >= 0.3 is 12.5 Å². The van der Waals surface area contributed by atoms with Crippen LogP contribution in [-0.4, -0.2) is 11.3 Å². The van der Waals surface area contributed by atoms with Crippen LogP contribution in [0.1, 0.15) is 16.8 Å². The maximum Gasteiger partial charge on any atom is 0.574 e. The fourth-order valence-electron chi connectivity index (χ4n) is 1.34. The van der Waals surface area contributed by atoms with Gasteiger partial charge in [-0.25, -0.2) is 4.98 Å². The van der Waals surface area contributed by atoms with Crippen molar-refractivity contribution in [1.82, 2.24) is 4.98 Å². The molecule has 1 heterocycles. The molecule has 10 heteroatoms. The molecule has 0 amide bonds. The van der Waals surface area contributed by atoms with E-state index in [1.54, 1.807) is 0 Å². The first-order chi connectivity index (χ1) is 9.08. The third-order valence-corrected chi connectivity index (χ3v) is 2.32. The van der Waals surface area contributed by atoms with Crippen molar-refractivity contribution in [3.63, 3.8) is 0 Å². The average molecular weight is 319 g/mol. The van der Waals surface area contributed by atoms with Crippen molar-refractivity contribution < 1.29 is 31.1 Å². The molecule has 0 saturated heterocycles. The van der Waals surface area contributed by atoms with E-state index in [4.69, 9.17) is 16.9 Å². The standard InChI is InChI=1S/C10H5ClF6N2O/c11-4-6-3-5(1-2-18)7(9(12,13)14)19-8(6)20-10(15,16)17/h3H,1,4H2. The molecular weight excluding hydrogens is 314 g/mol. The fourth-order valence-corrected chi connectivity index (χ4v) is 1.54. The minimum absolute atomic E-state index is 0.387. The molecule has 110 valence electrons. The second-order valence-corrected chi connectivity index (χ2v) is 3.74. The molecular formula is C10H5ClF6N2O. The molecule has 0 aliphatic carbocycles. The summed E-state index contributed by atoms with van der Waals surface area (Å²) < 4.78 is 77.7. The highest BCUT2D eigenvalue weighted by molar-refractivity contribution is 6.17. The second-order valence-electron chi connectivity index (χ2n) is 3.47. The molecule has 3 nitrogen and oxygen atoms in total. The Morgan fingerprint density at radius 1 is 1.20 bits per heavy atom. The third kappa shape index (κ3) is 4.16. The summed E-state index contributed by atoms with van der Waals surface area (Å²) in [5, 5.41) is 8.44. The monoisotopic (exact) mass is 318 g/mol. The average Bonchev–Trinajstić information content (AvgIpc) is 2.27. The molecule has 1 aromatic heterocycles. The van der Waals surface area contributed by atoms with E-state index in [0.717, 1.165) is 6.07 Å². The van der Waals surface area contributed by atoms with Gasteiger partial charge in [-0.05, 0) is 11.6 Å². The summed E-state index contributed by atoms with van der Waals surface area (Å²) in [5.74, 6) is -1.82. The number of nitrogens with zero attached hydrogens (tertiary/aromatic N) is 2. The molecule has 0 unspecified atom stereocenters. The number of alkyl halides is 7. The van der Waals surface area contributed by atoms with E-state index in [1.165, 1.54) is 6.07 Å². The predicted molar refractivity (Wildman–Crippen MR) is 54.8 cm³/mol. The molecule has 0 N–H and O–H groups in total. The largest absolute Gasteiger partial charge is 0.574 e. The van der Waals surface area contributed by atoms with Gasteiger partial charge < -0.3 is 4.74 Å². The van der Waals surface area contributed by atoms with Crippen molar-refractivity contribution in [3.8, 4) is 11.9 Å². The quantitative estimate of drug-likeness (QED) is 0.629. The molecule has 0 bridgehead atoms. The second kappa shape index (κ2) is 5.75. The van der Waals surface area contributed by atoms with Gasteiger partial charge in [0, 0.05) is 5.56 Å². The van der Waals surface area contributed by atoms with Crippen molar-refractivity contribution >= 4 is 11.6 Å². The van der Waals surface area contributed by atoms with Gasteiger partial charge in [-0.1, -0.05) is 0 Å². The van der Waals surface area contributed by atoms with E-state index < -0.39 is 42.0 Å². The zero-order valence-corrected chi connectivity index (χ0v) is 10.2. The smallest absolute Gasteiger partial charge is 0.388 e. The Morgan fingerprint density at radius 2 is 1.80 bits per heavy atom. The van der Waals surface area contributed by atoms with E-state index in [2.05, 4.69) is 9.72 Å². The summed E-state index contributed by atoms with van der Waals surface area (Å²) in [6, 6.07) is 2.20. The first kappa shape index (κ1) is 16.4. The van der Waals surface area contributed by atoms with Crippen LogP contribution in [0.3, 0.4) is 0 Å². The Bertz CT molecular complexity index is 534. The first-order valence-corrected chi connectivity index (χ1v) is 5.40. The topological polar surface area (TPSA) is 45.9 Å². The van der Waals surface area contributed by atoms with Gasteiger partial charge in [0.1, 0.15) is 0 Å². The molecule has 0 fully saturated rings. The van der Waals surface area contributed by atoms with Crippen LogP contribution in [0, 0.1) is 11.3 Å². The van der Waals surface area contributed by atoms with Gasteiger partial charge in [-0.15, -0.1) is 24.8 Å². The fraction of sp³-hybridized carbons (Fsp3) is 0.400. The van der Waals surface area contributed by atoms with Crippen molar-refractivity contribution in [3.05, 3.63) is 22.9 Å². The lowest BCUT2D eigenvalue weighted by molar-refractivity contribution is -0.276. The number of ether oxygens (including phenoxy) is 1. The molecule has 0 aliphatic rings. The van der Waals surface area contributed by atoms with Crippen molar-refractivity contribution in [2.24, 2.45) is 0 Å². The maximum absolute atomic E-state index is 12.7. The van der Waals surface area contributed by atoms with Gasteiger partial charge in [-0.2, -0.15) is 18.4 Å². The van der Waals surface area contributed by atoms with E-state index in [0.29, 0.717) is 0 Å². The summed E-state index contributed by atoms with van der Waals surface area (Å²) in [6.45, 7) is 0. The zero-order chi connectivity index (χ0) is 15.6. The molecule has 20 heavy (non-hydrogen) atoms. The molecule has 0 aliphatic heterocycles. The Morgan fingerprint density at radius 3 is 2.20 bits per heavy atom. The molecule has 0 spiro atoms. The normalized spacial score (nSPS) is 12.1. The Balaban J connectivity index is 3.43. The number of hydrogen-bond acceptors (Lipinski definition) is 3. The minimum atomic E-state index is -5.20. The van der Waals surface area contributed by atoms with Crippen LogP contribution in [0.25, 0.3) is 0 Å². The Labute approximate surface area is 113 Å². The highest BCUT2D eigenvalue weighted by Crippen LogP contribution is 2.35. The third-order valence-electron chi connectivity index (χ3n) is 2.04. The number of nitriles is 1. The van der Waals surface area contributed by atoms with Gasteiger partial charge in [0.2, 0.25) is 5.88 Å². The lowest BCUT2D eigenvalue weighted by Crippen LogP contribution is -2.21. The minimum Gasteiger partial charge on any atom is -0.388 e. The van der Waals surface area contributed by atoms with E-state index in [1.807, 2.05) is 0 Å². The SMILES string of the molecule is N#CCc1cc(CCl)c(OC(F)(F)F)nc1C(F)(F)F. The van der Waals surface area contributed by atoms with Crippen molar-refractivity contribution in [2.75, 3.05) is 0 Å². The number of hydrogen-bond donors (Lipinski definition) is 0. The highest BCUT2D eigenvalue weighted by Gasteiger charge is 2.39. The van der Waals surface area contributed by atoms with Crippen LogP contribution in [-0.2, 0) is 18.5 Å². The molecule has 0 aromatic carbocycles. The first-order valence-electron chi connectivity index (χ1n) is 4.87. The predicted octanol–water partition coefficient (Wildman–Crippen LogP) is 3.80. The molecule has 1 rings (SSSR count). The summed E-state index contributed by atoms with van der Waals surface area (Å²) in [5.41, 5.74) is -2.56. The summed E-state index contributed by atoms with van der Waals surface area (Å²) in [6.07, 6.45) is -10.9. The summed E-state index contributed by atoms with van der Waals surface area (Å²) in [4.78, 5) is 2.82. The Hall–Kier alpha value is -1.69.